The fourth-order valence-electron chi connectivity index (χ4n) is 3.51. The summed E-state index contributed by atoms with van der Waals surface area (Å²) in [6.07, 6.45) is 1.32. The maximum atomic E-state index is 13.1. The van der Waals surface area contributed by atoms with E-state index in [1.54, 1.807) is 4.90 Å². The smallest absolute Gasteiger partial charge is 0.249 e. The van der Waals surface area contributed by atoms with Gasteiger partial charge in [-0.15, -0.1) is 0 Å². The van der Waals surface area contributed by atoms with E-state index in [0.717, 1.165) is 41.2 Å². The van der Waals surface area contributed by atoms with E-state index in [1.165, 1.54) is 21.8 Å². The first-order valence-corrected chi connectivity index (χ1v) is 11.1. The Kier molecular flexibility index (Phi) is 6.97. The van der Waals surface area contributed by atoms with Crippen molar-refractivity contribution in [2.24, 2.45) is 0 Å². The molecule has 0 saturated carbocycles. The summed E-state index contributed by atoms with van der Waals surface area (Å²) >= 11 is 1.49. The molecule has 1 aliphatic rings. The number of thiazole rings is 1. The van der Waals surface area contributed by atoms with E-state index in [4.69, 9.17) is 0 Å². The summed E-state index contributed by atoms with van der Waals surface area (Å²) in [6.45, 7) is 9.39. The number of carbonyl (C=O) groups excluding carboxylic acids is 3. The minimum absolute atomic E-state index is 0.191. The summed E-state index contributed by atoms with van der Waals surface area (Å²) in [5.74, 6) is -0.793. The first-order valence-electron chi connectivity index (χ1n) is 10.3. The highest BCUT2D eigenvalue weighted by Crippen LogP contribution is 2.30. The van der Waals surface area contributed by atoms with Crippen LogP contribution >= 0.6 is 11.3 Å². The fraction of sp³-hybridized carbons (Fsp3) is 0.524. The summed E-state index contributed by atoms with van der Waals surface area (Å²) in [7, 11) is 0. The predicted molar refractivity (Wildman–Crippen MR) is 114 cm³/mol. The van der Waals surface area contributed by atoms with Crippen molar-refractivity contribution in [1.82, 2.24) is 9.88 Å². The third kappa shape index (κ3) is 4.82. The first-order chi connectivity index (χ1) is 14.0. The second-order valence-electron chi connectivity index (χ2n) is 7.28. The molecule has 1 aromatic heterocycles. The Morgan fingerprint density at radius 1 is 1.17 bits per heavy atom. The molecule has 0 spiro atoms. The van der Waals surface area contributed by atoms with E-state index in [2.05, 4.69) is 37.9 Å². The summed E-state index contributed by atoms with van der Waals surface area (Å²) in [4.78, 5) is 45.8. The molecule has 0 unspecified atom stereocenters. The van der Waals surface area contributed by atoms with Gasteiger partial charge in [0.1, 0.15) is 6.54 Å². The molecular weight excluding hydrogens is 388 g/mol. The molecule has 2 aromatic rings. The van der Waals surface area contributed by atoms with Gasteiger partial charge in [-0.1, -0.05) is 24.3 Å². The van der Waals surface area contributed by atoms with Crippen LogP contribution in [0.15, 0.2) is 18.2 Å². The highest BCUT2D eigenvalue weighted by molar-refractivity contribution is 7.22. The maximum absolute atomic E-state index is 13.1. The normalized spacial score (nSPS) is 14.4. The molecular formula is C21H29N4O3S+. The minimum atomic E-state index is -0.269. The SMILES string of the molecule is CCc1ccc2nc(N(CC[NH+](CC)CC)C(=O)CN3C(=O)CCC3=O)sc2c1. The van der Waals surface area contributed by atoms with Gasteiger partial charge in [0.2, 0.25) is 17.7 Å². The van der Waals surface area contributed by atoms with Gasteiger partial charge in [-0.3, -0.25) is 24.2 Å². The van der Waals surface area contributed by atoms with Crippen LogP contribution in [0.5, 0.6) is 0 Å². The Morgan fingerprint density at radius 3 is 2.48 bits per heavy atom. The number of fused-ring (bicyclic) bond motifs is 1. The predicted octanol–water partition coefficient (Wildman–Crippen LogP) is 1.27. The molecule has 0 aliphatic carbocycles. The number of likely N-dealkylation sites (tertiary alicyclic amines) is 1. The number of likely N-dealkylation sites (N-methyl/N-ethyl adjacent to an activating group) is 1. The second kappa shape index (κ2) is 9.45. The lowest BCUT2D eigenvalue weighted by atomic mass is 10.2. The van der Waals surface area contributed by atoms with Crippen molar-refractivity contribution < 1.29 is 19.3 Å². The number of aromatic nitrogens is 1. The minimum Gasteiger partial charge on any atom is -0.334 e. The number of imide groups is 1. The number of hydrogen-bond donors (Lipinski definition) is 1. The van der Waals surface area contributed by atoms with Crippen molar-refractivity contribution in [3.8, 4) is 0 Å². The zero-order valence-electron chi connectivity index (χ0n) is 17.4. The van der Waals surface area contributed by atoms with E-state index in [0.29, 0.717) is 11.7 Å². The number of nitrogens with one attached hydrogen (secondary N) is 1. The number of rotatable bonds is 9. The van der Waals surface area contributed by atoms with Gasteiger partial charge in [-0.2, -0.15) is 0 Å². The molecule has 1 N–H and O–H groups in total. The van der Waals surface area contributed by atoms with Crippen LogP contribution in [-0.2, 0) is 20.8 Å². The molecule has 1 saturated heterocycles. The zero-order chi connectivity index (χ0) is 21.0. The summed E-state index contributed by atoms with van der Waals surface area (Å²) < 4.78 is 1.04. The Labute approximate surface area is 175 Å². The van der Waals surface area contributed by atoms with Crippen molar-refractivity contribution in [2.75, 3.05) is 37.6 Å². The number of hydrogen-bond acceptors (Lipinski definition) is 5. The van der Waals surface area contributed by atoms with E-state index in [1.807, 2.05) is 6.07 Å². The Morgan fingerprint density at radius 2 is 1.86 bits per heavy atom. The molecule has 156 valence electrons. The number of carbonyl (C=O) groups is 3. The lowest BCUT2D eigenvalue weighted by Crippen LogP contribution is -3.12. The van der Waals surface area contributed by atoms with Crippen molar-refractivity contribution in [3.05, 3.63) is 23.8 Å². The Hall–Kier alpha value is -2.32. The topological polar surface area (TPSA) is 75.0 Å². The maximum Gasteiger partial charge on any atom is 0.249 e. The van der Waals surface area contributed by atoms with Gasteiger partial charge < -0.3 is 4.90 Å². The van der Waals surface area contributed by atoms with Crippen LogP contribution in [0.2, 0.25) is 0 Å². The third-order valence-electron chi connectivity index (χ3n) is 5.52. The van der Waals surface area contributed by atoms with Crippen LogP contribution in [0, 0.1) is 0 Å². The molecule has 0 bridgehead atoms. The lowest BCUT2D eigenvalue weighted by molar-refractivity contribution is -0.894. The van der Waals surface area contributed by atoms with Crippen molar-refractivity contribution in [1.29, 1.82) is 0 Å². The van der Waals surface area contributed by atoms with Crippen LogP contribution in [-0.4, -0.2) is 60.3 Å². The number of aryl methyl sites for hydroxylation is 1. The molecule has 3 amide bonds. The summed E-state index contributed by atoms with van der Waals surface area (Å²) in [5, 5.41) is 0.629. The first kappa shape index (κ1) is 21.4. The second-order valence-corrected chi connectivity index (χ2v) is 8.29. The van der Waals surface area contributed by atoms with Crippen molar-refractivity contribution in [2.45, 2.75) is 40.0 Å². The average Bonchev–Trinajstić information content (AvgIpc) is 3.28. The van der Waals surface area contributed by atoms with E-state index >= 15 is 0 Å². The van der Waals surface area contributed by atoms with Crippen LogP contribution in [0.3, 0.4) is 0 Å². The molecule has 1 fully saturated rings. The van der Waals surface area contributed by atoms with Crippen LogP contribution in [0.25, 0.3) is 10.2 Å². The van der Waals surface area contributed by atoms with Crippen molar-refractivity contribution in [3.63, 3.8) is 0 Å². The van der Waals surface area contributed by atoms with Crippen LogP contribution in [0.4, 0.5) is 5.13 Å². The number of benzene rings is 1. The molecule has 0 atom stereocenters. The van der Waals surface area contributed by atoms with E-state index in [-0.39, 0.29) is 37.1 Å². The highest BCUT2D eigenvalue weighted by Gasteiger charge is 2.33. The Balaban J connectivity index is 1.86. The van der Waals surface area contributed by atoms with E-state index in [9.17, 15) is 14.4 Å². The van der Waals surface area contributed by atoms with E-state index < -0.39 is 0 Å². The molecule has 1 aliphatic heterocycles. The highest BCUT2D eigenvalue weighted by atomic mass is 32.1. The van der Waals surface area contributed by atoms with Crippen molar-refractivity contribution >= 4 is 44.4 Å². The molecule has 3 rings (SSSR count). The number of anilines is 1. The standard InChI is InChI=1S/C21H28N4O3S/c1-4-15-7-8-16-17(13-15)29-21(22-16)24(12-11-23(5-2)6-3)20(28)14-25-18(26)9-10-19(25)27/h7-8,13H,4-6,9-12,14H2,1-3H3/p+1. The molecule has 8 heteroatoms. The molecule has 2 heterocycles. The monoisotopic (exact) mass is 417 g/mol. The molecule has 7 nitrogen and oxygen atoms in total. The van der Waals surface area contributed by atoms with Gasteiger partial charge in [0.15, 0.2) is 5.13 Å². The number of quaternary nitrogens is 1. The lowest BCUT2D eigenvalue weighted by Gasteiger charge is -2.24. The van der Waals surface area contributed by atoms with Crippen LogP contribution < -0.4 is 9.80 Å². The van der Waals surface area contributed by atoms with Gasteiger partial charge >= 0.3 is 0 Å². The average molecular weight is 418 g/mol. The van der Waals surface area contributed by atoms with Crippen LogP contribution in [0.1, 0.15) is 39.2 Å². The van der Waals surface area contributed by atoms with Gasteiger partial charge in [-0.05, 0) is 38.0 Å². The number of nitrogens with zero attached hydrogens (tertiary/aromatic N) is 3. The third-order valence-corrected chi connectivity index (χ3v) is 6.56. The quantitative estimate of drug-likeness (QED) is 0.624. The zero-order valence-corrected chi connectivity index (χ0v) is 18.2. The fourth-order valence-corrected chi connectivity index (χ4v) is 4.59. The summed E-state index contributed by atoms with van der Waals surface area (Å²) in [6, 6.07) is 6.15. The summed E-state index contributed by atoms with van der Waals surface area (Å²) in [5.41, 5.74) is 2.09. The molecule has 1 aromatic carbocycles. The van der Waals surface area contributed by atoms with Gasteiger partial charge in [0.05, 0.1) is 36.4 Å². The molecule has 29 heavy (non-hydrogen) atoms. The number of amides is 3. The largest absolute Gasteiger partial charge is 0.334 e. The van der Waals surface area contributed by atoms with Gasteiger partial charge in [0.25, 0.3) is 0 Å². The molecule has 0 radical (unpaired) electrons. The Bertz CT molecular complexity index is 890. The van der Waals surface area contributed by atoms with Gasteiger partial charge in [-0.25, -0.2) is 4.98 Å². The van der Waals surface area contributed by atoms with Gasteiger partial charge in [0, 0.05) is 12.8 Å².